The van der Waals surface area contributed by atoms with Crippen LogP contribution in [-0.2, 0) is 0 Å². The lowest BCUT2D eigenvalue weighted by Crippen LogP contribution is -2.46. The van der Waals surface area contributed by atoms with Gasteiger partial charge < -0.3 is 10.2 Å². The van der Waals surface area contributed by atoms with Crippen molar-refractivity contribution in [2.24, 2.45) is 5.41 Å². The van der Waals surface area contributed by atoms with Crippen molar-refractivity contribution in [3.8, 4) is 0 Å². The van der Waals surface area contributed by atoms with Crippen molar-refractivity contribution in [3.05, 3.63) is 0 Å². The maximum Gasteiger partial charge on any atom is 0.00924 e. The van der Waals surface area contributed by atoms with Crippen LogP contribution in [0.5, 0.6) is 0 Å². The molecule has 0 aromatic carbocycles. The van der Waals surface area contributed by atoms with E-state index in [1.807, 2.05) is 0 Å². The molecule has 0 unspecified atom stereocenters. The van der Waals surface area contributed by atoms with Gasteiger partial charge in [0.25, 0.3) is 0 Å². The van der Waals surface area contributed by atoms with E-state index in [1.165, 1.54) is 45.1 Å². The Morgan fingerprint density at radius 1 is 1.17 bits per heavy atom. The quantitative estimate of drug-likeness (QED) is 0.711. The van der Waals surface area contributed by atoms with Gasteiger partial charge in [-0.05, 0) is 38.1 Å². The summed E-state index contributed by atoms with van der Waals surface area (Å²) in [7, 11) is 2.34. The van der Waals surface area contributed by atoms with Gasteiger partial charge in [-0.15, -0.1) is 0 Å². The van der Waals surface area contributed by atoms with E-state index in [1.54, 1.807) is 0 Å². The van der Waals surface area contributed by atoms with Crippen molar-refractivity contribution in [1.29, 1.82) is 0 Å². The zero-order chi connectivity index (χ0) is 13.6. The van der Waals surface area contributed by atoms with Crippen LogP contribution >= 0.6 is 0 Å². The second-order valence-electron chi connectivity index (χ2n) is 6.60. The molecule has 0 bridgehead atoms. The second kappa shape index (κ2) is 7.49. The Hall–Kier alpha value is -0.0800. The van der Waals surface area contributed by atoms with Gasteiger partial charge in [0.1, 0.15) is 0 Å². The SMILES string of the molecule is CCC(CC)(CNC(C)C)CN(C)C1CCCC1. The van der Waals surface area contributed by atoms with Crippen LogP contribution in [0.2, 0.25) is 0 Å². The van der Waals surface area contributed by atoms with Gasteiger partial charge in [0.15, 0.2) is 0 Å². The molecule has 0 amide bonds. The van der Waals surface area contributed by atoms with Crippen molar-refractivity contribution in [3.63, 3.8) is 0 Å². The zero-order valence-corrected chi connectivity index (χ0v) is 13.3. The monoisotopic (exact) mass is 254 g/mol. The minimum atomic E-state index is 0.460. The van der Waals surface area contributed by atoms with Crippen molar-refractivity contribution >= 4 is 0 Å². The summed E-state index contributed by atoms with van der Waals surface area (Å²) in [6.07, 6.45) is 8.25. The van der Waals surface area contributed by atoms with Gasteiger partial charge in [-0.1, -0.05) is 40.5 Å². The van der Waals surface area contributed by atoms with Crippen molar-refractivity contribution in [2.75, 3.05) is 20.1 Å². The summed E-state index contributed by atoms with van der Waals surface area (Å²) < 4.78 is 0. The fourth-order valence-electron chi connectivity index (χ4n) is 3.20. The fourth-order valence-corrected chi connectivity index (χ4v) is 3.20. The van der Waals surface area contributed by atoms with Crippen LogP contribution in [0.4, 0.5) is 0 Å². The lowest BCUT2D eigenvalue weighted by Gasteiger charge is -2.39. The largest absolute Gasteiger partial charge is 0.314 e. The average molecular weight is 254 g/mol. The van der Waals surface area contributed by atoms with Gasteiger partial charge in [0.05, 0.1) is 0 Å². The molecule has 1 rings (SSSR count). The molecule has 18 heavy (non-hydrogen) atoms. The third kappa shape index (κ3) is 4.55. The Morgan fingerprint density at radius 2 is 1.72 bits per heavy atom. The van der Waals surface area contributed by atoms with Gasteiger partial charge in [-0.3, -0.25) is 0 Å². The van der Waals surface area contributed by atoms with Gasteiger partial charge >= 0.3 is 0 Å². The molecule has 1 saturated carbocycles. The van der Waals surface area contributed by atoms with E-state index in [9.17, 15) is 0 Å². The molecule has 0 aliphatic heterocycles. The van der Waals surface area contributed by atoms with Crippen LogP contribution in [0.3, 0.4) is 0 Å². The molecule has 2 heteroatoms. The third-order valence-corrected chi connectivity index (χ3v) is 4.92. The highest BCUT2D eigenvalue weighted by atomic mass is 15.1. The first-order valence-electron chi connectivity index (χ1n) is 7.96. The Labute approximate surface area is 115 Å². The van der Waals surface area contributed by atoms with Gasteiger partial charge in [0.2, 0.25) is 0 Å². The maximum absolute atomic E-state index is 3.66. The van der Waals surface area contributed by atoms with Crippen LogP contribution < -0.4 is 5.32 Å². The maximum atomic E-state index is 3.66. The van der Waals surface area contributed by atoms with Crippen molar-refractivity contribution in [2.45, 2.75) is 78.3 Å². The Kier molecular flexibility index (Phi) is 6.65. The average Bonchev–Trinajstić information content (AvgIpc) is 2.88. The van der Waals surface area contributed by atoms with Gasteiger partial charge in [0, 0.05) is 25.2 Å². The number of hydrogen-bond donors (Lipinski definition) is 1. The van der Waals surface area contributed by atoms with E-state index in [0.29, 0.717) is 11.5 Å². The topological polar surface area (TPSA) is 15.3 Å². The Bertz CT molecular complexity index is 215. The molecule has 0 spiro atoms. The van der Waals surface area contributed by atoms with E-state index < -0.39 is 0 Å². The van der Waals surface area contributed by atoms with Crippen molar-refractivity contribution in [1.82, 2.24) is 10.2 Å². The molecule has 1 aliphatic carbocycles. The molecule has 0 heterocycles. The van der Waals surface area contributed by atoms with E-state index in [4.69, 9.17) is 0 Å². The molecule has 1 fully saturated rings. The summed E-state index contributed by atoms with van der Waals surface area (Å²) >= 11 is 0. The molecule has 0 aromatic rings. The zero-order valence-electron chi connectivity index (χ0n) is 13.3. The number of nitrogens with zero attached hydrogens (tertiary/aromatic N) is 1. The number of nitrogens with one attached hydrogen (secondary N) is 1. The van der Waals surface area contributed by atoms with E-state index in [0.717, 1.165) is 12.6 Å². The molecule has 0 aromatic heterocycles. The Balaban J connectivity index is 2.53. The molecular formula is C16H34N2. The fraction of sp³-hybridized carbons (Fsp3) is 1.00. The molecule has 1 N–H and O–H groups in total. The normalized spacial score (nSPS) is 18.2. The van der Waals surface area contributed by atoms with E-state index >= 15 is 0 Å². The first-order chi connectivity index (χ1) is 8.53. The minimum absolute atomic E-state index is 0.460. The molecule has 0 atom stereocenters. The number of hydrogen-bond acceptors (Lipinski definition) is 2. The summed E-state index contributed by atoms with van der Waals surface area (Å²) in [5, 5.41) is 3.66. The molecule has 0 saturated heterocycles. The highest BCUT2D eigenvalue weighted by Crippen LogP contribution is 2.30. The lowest BCUT2D eigenvalue weighted by atomic mass is 9.81. The second-order valence-corrected chi connectivity index (χ2v) is 6.60. The molecule has 108 valence electrons. The standard InChI is InChI=1S/C16H34N2/c1-6-16(7-2,12-17-14(3)4)13-18(5)15-10-8-9-11-15/h14-15,17H,6-13H2,1-5H3. The molecule has 0 radical (unpaired) electrons. The summed E-state index contributed by atoms with van der Waals surface area (Å²) in [6.45, 7) is 11.6. The number of rotatable bonds is 8. The first-order valence-corrected chi connectivity index (χ1v) is 7.96. The van der Waals surface area contributed by atoms with E-state index in [2.05, 4.69) is 45.0 Å². The van der Waals surface area contributed by atoms with E-state index in [-0.39, 0.29) is 0 Å². The van der Waals surface area contributed by atoms with Crippen LogP contribution in [0.15, 0.2) is 0 Å². The first kappa shape index (κ1) is 16.0. The van der Waals surface area contributed by atoms with Gasteiger partial charge in [-0.2, -0.15) is 0 Å². The molecule has 2 nitrogen and oxygen atoms in total. The van der Waals surface area contributed by atoms with Gasteiger partial charge in [-0.25, -0.2) is 0 Å². The van der Waals surface area contributed by atoms with Crippen LogP contribution in [0.25, 0.3) is 0 Å². The summed E-state index contributed by atoms with van der Waals surface area (Å²) in [4.78, 5) is 2.64. The molecular weight excluding hydrogens is 220 g/mol. The Morgan fingerprint density at radius 3 is 2.17 bits per heavy atom. The summed E-state index contributed by atoms with van der Waals surface area (Å²) in [6, 6.07) is 1.45. The smallest absolute Gasteiger partial charge is 0.00924 e. The third-order valence-electron chi connectivity index (χ3n) is 4.92. The summed E-state index contributed by atoms with van der Waals surface area (Å²) in [5.74, 6) is 0. The highest BCUT2D eigenvalue weighted by molar-refractivity contribution is 4.86. The van der Waals surface area contributed by atoms with Crippen LogP contribution in [0, 0.1) is 5.41 Å². The van der Waals surface area contributed by atoms with Crippen molar-refractivity contribution < 1.29 is 0 Å². The lowest BCUT2D eigenvalue weighted by molar-refractivity contribution is 0.121. The minimum Gasteiger partial charge on any atom is -0.314 e. The highest BCUT2D eigenvalue weighted by Gasteiger charge is 2.30. The molecule has 1 aliphatic rings. The van der Waals surface area contributed by atoms with Crippen LogP contribution in [0.1, 0.15) is 66.2 Å². The predicted molar refractivity (Wildman–Crippen MR) is 81.0 cm³/mol. The predicted octanol–water partition coefficient (Wildman–Crippen LogP) is 3.67. The summed E-state index contributed by atoms with van der Waals surface area (Å²) in [5.41, 5.74) is 0.460. The van der Waals surface area contributed by atoms with Crippen LogP contribution in [-0.4, -0.2) is 37.1 Å².